The van der Waals surface area contributed by atoms with E-state index in [0.717, 1.165) is 12.0 Å². The molecule has 0 aliphatic heterocycles. The first kappa shape index (κ1) is 13.1. The minimum atomic E-state index is 0.297. The molecular weight excluding hydrogens is 244 g/mol. The van der Waals surface area contributed by atoms with Gasteiger partial charge in [0.25, 0.3) is 0 Å². The molecule has 3 heteroatoms. The molecule has 0 saturated carbocycles. The molecule has 1 aromatic carbocycles. The van der Waals surface area contributed by atoms with Crippen molar-refractivity contribution in [2.75, 3.05) is 6.54 Å². The van der Waals surface area contributed by atoms with Crippen molar-refractivity contribution in [3.63, 3.8) is 0 Å². The maximum atomic E-state index is 6.15. The number of hydrogen-bond donors (Lipinski definition) is 1. The predicted molar refractivity (Wildman–Crippen MR) is 75.9 cm³/mol. The van der Waals surface area contributed by atoms with Gasteiger partial charge in [0.15, 0.2) is 0 Å². The molecule has 18 heavy (non-hydrogen) atoms. The Morgan fingerprint density at radius 2 is 2.06 bits per heavy atom. The summed E-state index contributed by atoms with van der Waals surface area (Å²) in [5.74, 6) is 0.297. The summed E-state index contributed by atoms with van der Waals surface area (Å²) in [6.07, 6.45) is 4.30. The lowest BCUT2D eigenvalue weighted by Gasteiger charge is -2.18. The van der Waals surface area contributed by atoms with Crippen molar-refractivity contribution in [2.45, 2.75) is 19.3 Å². The van der Waals surface area contributed by atoms with E-state index in [-0.39, 0.29) is 0 Å². The Balaban J connectivity index is 2.26. The lowest BCUT2D eigenvalue weighted by atomic mass is 9.89. The van der Waals surface area contributed by atoms with Crippen molar-refractivity contribution < 1.29 is 0 Å². The molecule has 0 aliphatic carbocycles. The van der Waals surface area contributed by atoms with Gasteiger partial charge >= 0.3 is 0 Å². The molecule has 2 nitrogen and oxygen atoms in total. The van der Waals surface area contributed by atoms with Crippen LogP contribution in [-0.4, -0.2) is 11.5 Å². The summed E-state index contributed by atoms with van der Waals surface area (Å²) in [4.78, 5) is 4.01. The number of benzene rings is 1. The predicted octanol–water partition coefficient (Wildman–Crippen LogP) is 3.33. The number of hydrogen-bond acceptors (Lipinski definition) is 2. The molecule has 0 saturated heterocycles. The largest absolute Gasteiger partial charge is 0.330 e. The van der Waals surface area contributed by atoms with Gasteiger partial charge in [-0.15, -0.1) is 0 Å². The zero-order chi connectivity index (χ0) is 13.0. The van der Waals surface area contributed by atoms with Crippen molar-refractivity contribution in [3.05, 3.63) is 64.4 Å². The second-order valence-corrected chi connectivity index (χ2v) is 4.87. The molecule has 0 aliphatic rings. The molecule has 1 aromatic heterocycles. The Hall–Kier alpha value is -1.38. The third kappa shape index (κ3) is 2.89. The maximum absolute atomic E-state index is 6.15. The standard InChI is InChI=1S/C15H17ClN2/c1-11-4-2-3-5-14(11)13(9-17)8-12-6-7-18-10-15(12)16/h2-7,10,13H,8-9,17H2,1H3. The van der Waals surface area contributed by atoms with Crippen molar-refractivity contribution in [3.8, 4) is 0 Å². The highest BCUT2D eigenvalue weighted by molar-refractivity contribution is 6.31. The molecule has 94 valence electrons. The van der Waals surface area contributed by atoms with Crippen LogP contribution in [0.1, 0.15) is 22.6 Å². The SMILES string of the molecule is Cc1ccccc1C(CN)Cc1ccncc1Cl. The fourth-order valence-corrected chi connectivity index (χ4v) is 2.40. The Kier molecular flexibility index (Phi) is 4.34. The number of rotatable bonds is 4. The Labute approximate surface area is 113 Å². The molecule has 1 atom stereocenters. The van der Waals surface area contributed by atoms with Crippen LogP contribution in [0.15, 0.2) is 42.7 Å². The molecule has 1 heterocycles. The van der Waals surface area contributed by atoms with E-state index in [0.29, 0.717) is 17.5 Å². The average molecular weight is 261 g/mol. The second-order valence-electron chi connectivity index (χ2n) is 4.46. The van der Waals surface area contributed by atoms with Gasteiger partial charge < -0.3 is 5.73 Å². The number of pyridine rings is 1. The van der Waals surface area contributed by atoms with Crippen molar-refractivity contribution in [2.24, 2.45) is 5.73 Å². The molecule has 0 fully saturated rings. The van der Waals surface area contributed by atoms with Gasteiger partial charge in [-0.25, -0.2) is 0 Å². The van der Waals surface area contributed by atoms with E-state index >= 15 is 0 Å². The fraction of sp³-hybridized carbons (Fsp3) is 0.267. The first-order chi connectivity index (χ1) is 8.72. The van der Waals surface area contributed by atoms with Crippen molar-refractivity contribution in [1.82, 2.24) is 4.98 Å². The number of nitrogens with zero attached hydrogens (tertiary/aromatic N) is 1. The van der Waals surface area contributed by atoms with Crippen LogP contribution in [0.25, 0.3) is 0 Å². The van der Waals surface area contributed by atoms with Crippen molar-refractivity contribution >= 4 is 11.6 Å². The van der Waals surface area contributed by atoms with Crippen LogP contribution in [0.5, 0.6) is 0 Å². The Morgan fingerprint density at radius 3 is 2.72 bits per heavy atom. The van der Waals surface area contributed by atoms with Crippen LogP contribution in [0.4, 0.5) is 0 Å². The third-order valence-electron chi connectivity index (χ3n) is 3.24. The van der Waals surface area contributed by atoms with E-state index in [1.807, 2.05) is 12.1 Å². The summed E-state index contributed by atoms with van der Waals surface area (Å²) in [6.45, 7) is 2.73. The van der Waals surface area contributed by atoms with Gasteiger partial charge in [0.2, 0.25) is 0 Å². The van der Waals surface area contributed by atoms with E-state index in [4.69, 9.17) is 17.3 Å². The molecular formula is C15H17ClN2. The van der Waals surface area contributed by atoms with Crippen LogP contribution in [-0.2, 0) is 6.42 Å². The lowest BCUT2D eigenvalue weighted by Crippen LogP contribution is -2.16. The first-order valence-corrected chi connectivity index (χ1v) is 6.44. The van der Waals surface area contributed by atoms with Gasteiger partial charge in [-0.1, -0.05) is 35.9 Å². The Morgan fingerprint density at radius 1 is 1.28 bits per heavy atom. The third-order valence-corrected chi connectivity index (χ3v) is 3.58. The minimum Gasteiger partial charge on any atom is -0.330 e. The number of nitrogens with two attached hydrogens (primary N) is 1. The normalized spacial score (nSPS) is 12.4. The summed E-state index contributed by atoms with van der Waals surface area (Å²) in [5, 5.41) is 0.713. The zero-order valence-corrected chi connectivity index (χ0v) is 11.2. The highest BCUT2D eigenvalue weighted by Crippen LogP contribution is 2.25. The molecule has 2 N–H and O–H groups in total. The molecule has 0 spiro atoms. The molecule has 0 radical (unpaired) electrons. The second kappa shape index (κ2) is 5.98. The molecule has 1 unspecified atom stereocenters. The monoisotopic (exact) mass is 260 g/mol. The van der Waals surface area contributed by atoms with E-state index < -0.39 is 0 Å². The van der Waals surface area contributed by atoms with Gasteiger partial charge in [-0.3, -0.25) is 4.98 Å². The van der Waals surface area contributed by atoms with E-state index in [9.17, 15) is 0 Å². The molecule has 0 bridgehead atoms. The maximum Gasteiger partial charge on any atom is 0.0621 e. The van der Waals surface area contributed by atoms with E-state index in [1.165, 1.54) is 11.1 Å². The lowest BCUT2D eigenvalue weighted by molar-refractivity contribution is 0.689. The molecule has 2 rings (SSSR count). The smallest absolute Gasteiger partial charge is 0.0621 e. The summed E-state index contributed by atoms with van der Waals surface area (Å²) in [7, 11) is 0. The number of aryl methyl sites for hydroxylation is 1. The quantitative estimate of drug-likeness (QED) is 0.916. The summed E-state index contributed by atoms with van der Waals surface area (Å²) >= 11 is 6.15. The van der Waals surface area contributed by atoms with Crippen LogP contribution >= 0.6 is 11.6 Å². The number of aromatic nitrogens is 1. The topological polar surface area (TPSA) is 38.9 Å². The fourth-order valence-electron chi connectivity index (χ4n) is 2.20. The van der Waals surface area contributed by atoms with Crippen LogP contribution in [0.3, 0.4) is 0 Å². The molecule has 0 amide bonds. The van der Waals surface area contributed by atoms with Gasteiger partial charge in [0.05, 0.1) is 5.02 Å². The minimum absolute atomic E-state index is 0.297. The van der Waals surface area contributed by atoms with Gasteiger partial charge in [0, 0.05) is 18.3 Å². The summed E-state index contributed by atoms with van der Waals surface area (Å²) < 4.78 is 0. The van der Waals surface area contributed by atoms with E-state index in [1.54, 1.807) is 12.4 Å². The van der Waals surface area contributed by atoms with Gasteiger partial charge in [-0.05, 0) is 42.6 Å². The summed E-state index contributed by atoms with van der Waals surface area (Å²) in [5.41, 5.74) is 9.59. The summed E-state index contributed by atoms with van der Waals surface area (Å²) in [6, 6.07) is 10.3. The van der Waals surface area contributed by atoms with Gasteiger partial charge in [0.1, 0.15) is 0 Å². The first-order valence-electron chi connectivity index (χ1n) is 6.06. The zero-order valence-electron chi connectivity index (χ0n) is 10.4. The van der Waals surface area contributed by atoms with E-state index in [2.05, 4.69) is 30.1 Å². The van der Waals surface area contributed by atoms with Crippen molar-refractivity contribution in [1.29, 1.82) is 0 Å². The van der Waals surface area contributed by atoms with Gasteiger partial charge in [-0.2, -0.15) is 0 Å². The highest BCUT2D eigenvalue weighted by atomic mass is 35.5. The number of halogens is 1. The van der Waals surface area contributed by atoms with Crippen LogP contribution in [0.2, 0.25) is 5.02 Å². The average Bonchev–Trinajstić information content (AvgIpc) is 2.39. The Bertz CT molecular complexity index is 525. The highest BCUT2D eigenvalue weighted by Gasteiger charge is 2.14. The molecule has 2 aromatic rings. The van der Waals surface area contributed by atoms with Crippen LogP contribution in [0, 0.1) is 6.92 Å². The van der Waals surface area contributed by atoms with Crippen LogP contribution < -0.4 is 5.73 Å².